The van der Waals surface area contributed by atoms with Gasteiger partial charge < -0.3 is 0 Å². The van der Waals surface area contributed by atoms with Crippen molar-refractivity contribution in [3.8, 4) is 0 Å². The normalized spacial score (nSPS) is 12.2. The Kier molecular flexibility index (Phi) is 1.63. The number of alkyl halides is 3. The Bertz CT molecular complexity index is 525. The van der Waals surface area contributed by atoms with E-state index in [-0.39, 0.29) is 5.65 Å². The van der Waals surface area contributed by atoms with Crippen molar-refractivity contribution < 1.29 is 13.2 Å². The van der Waals surface area contributed by atoms with Crippen LogP contribution < -0.4 is 5.69 Å². The Morgan fingerprint density at radius 3 is 2.71 bits per heavy atom. The zero-order valence-electron chi connectivity index (χ0n) is 6.67. The first-order valence-corrected chi connectivity index (χ1v) is 3.62. The summed E-state index contributed by atoms with van der Waals surface area (Å²) in [6, 6.07) is 2.00. The van der Waals surface area contributed by atoms with Gasteiger partial charge in [0.2, 0.25) is 0 Å². The number of hydrogen-bond donors (Lipinski definition) is 1. The van der Waals surface area contributed by atoms with Crippen LogP contribution in [0.3, 0.4) is 0 Å². The second-order valence-corrected chi connectivity index (χ2v) is 2.67. The average Bonchev–Trinajstić information content (AvgIpc) is 2.46. The molecule has 2 rings (SSSR count). The first kappa shape index (κ1) is 8.79. The molecule has 0 atom stereocenters. The summed E-state index contributed by atoms with van der Waals surface area (Å²) in [4.78, 5) is 10.9. The standard InChI is InChI=1S/C7H4F3N3O/c8-7(9,10)4-1-2-5-11-12-6(14)13(5)3-4/h1-3H,(H,12,14). The minimum atomic E-state index is -4.45. The van der Waals surface area contributed by atoms with E-state index in [2.05, 4.69) is 5.10 Å². The summed E-state index contributed by atoms with van der Waals surface area (Å²) in [5, 5.41) is 5.54. The largest absolute Gasteiger partial charge is 0.417 e. The van der Waals surface area contributed by atoms with Gasteiger partial charge in [0.05, 0.1) is 5.56 Å². The summed E-state index contributed by atoms with van der Waals surface area (Å²) in [5.41, 5.74) is -1.41. The third-order valence-corrected chi connectivity index (χ3v) is 1.74. The number of hydrogen-bond acceptors (Lipinski definition) is 2. The zero-order chi connectivity index (χ0) is 10.3. The number of aromatic amines is 1. The van der Waals surface area contributed by atoms with E-state index in [4.69, 9.17) is 0 Å². The molecule has 2 aromatic heterocycles. The van der Waals surface area contributed by atoms with Crippen LogP contribution in [-0.2, 0) is 6.18 Å². The summed E-state index contributed by atoms with van der Waals surface area (Å²) >= 11 is 0. The molecule has 0 unspecified atom stereocenters. The second kappa shape index (κ2) is 2.60. The second-order valence-electron chi connectivity index (χ2n) is 2.67. The molecule has 0 bridgehead atoms. The fraction of sp³-hybridized carbons (Fsp3) is 0.143. The van der Waals surface area contributed by atoms with Gasteiger partial charge in [-0.2, -0.15) is 18.3 Å². The van der Waals surface area contributed by atoms with Gasteiger partial charge in [-0.1, -0.05) is 0 Å². The van der Waals surface area contributed by atoms with Gasteiger partial charge in [-0.05, 0) is 12.1 Å². The first-order chi connectivity index (χ1) is 6.48. The molecule has 2 heterocycles. The predicted molar refractivity (Wildman–Crippen MR) is 40.8 cm³/mol. The van der Waals surface area contributed by atoms with Crippen LogP contribution in [0.1, 0.15) is 5.56 Å². The van der Waals surface area contributed by atoms with Crippen LogP contribution in [0.25, 0.3) is 5.65 Å². The van der Waals surface area contributed by atoms with Gasteiger partial charge in [0.1, 0.15) is 0 Å². The maximum atomic E-state index is 12.2. The van der Waals surface area contributed by atoms with E-state index in [0.717, 1.165) is 16.5 Å². The number of pyridine rings is 1. The quantitative estimate of drug-likeness (QED) is 0.695. The van der Waals surface area contributed by atoms with E-state index < -0.39 is 17.4 Å². The molecule has 0 aliphatic rings. The number of rotatable bonds is 0. The molecule has 14 heavy (non-hydrogen) atoms. The lowest BCUT2D eigenvalue weighted by Gasteiger charge is -2.05. The lowest BCUT2D eigenvalue weighted by molar-refractivity contribution is -0.137. The van der Waals surface area contributed by atoms with Crippen molar-refractivity contribution in [2.45, 2.75) is 6.18 Å². The van der Waals surface area contributed by atoms with Gasteiger partial charge >= 0.3 is 11.9 Å². The van der Waals surface area contributed by atoms with Crippen LogP contribution in [0, 0.1) is 0 Å². The molecule has 0 aliphatic heterocycles. The van der Waals surface area contributed by atoms with Crippen LogP contribution in [0.15, 0.2) is 23.1 Å². The molecule has 0 aliphatic carbocycles. The molecule has 0 fully saturated rings. The average molecular weight is 203 g/mol. The molecule has 0 saturated heterocycles. The number of nitrogens with one attached hydrogen (secondary N) is 1. The van der Waals surface area contributed by atoms with E-state index in [1.165, 1.54) is 0 Å². The van der Waals surface area contributed by atoms with Gasteiger partial charge in [-0.25, -0.2) is 14.3 Å². The molecule has 0 amide bonds. The number of nitrogens with zero attached hydrogens (tertiary/aromatic N) is 2. The molecular weight excluding hydrogens is 199 g/mol. The van der Waals surface area contributed by atoms with Crippen molar-refractivity contribution in [1.82, 2.24) is 14.6 Å². The monoisotopic (exact) mass is 203 g/mol. The molecule has 0 saturated carbocycles. The van der Waals surface area contributed by atoms with E-state index in [9.17, 15) is 18.0 Å². The van der Waals surface area contributed by atoms with Gasteiger partial charge in [-0.3, -0.25) is 0 Å². The molecule has 4 nitrogen and oxygen atoms in total. The van der Waals surface area contributed by atoms with E-state index in [1.807, 2.05) is 5.10 Å². The van der Waals surface area contributed by atoms with Crippen molar-refractivity contribution >= 4 is 5.65 Å². The number of fused-ring (bicyclic) bond motifs is 1. The maximum Gasteiger partial charge on any atom is 0.417 e. The van der Waals surface area contributed by atoms with E-state index >= 15 is 0 Å². The van der Waals surface area contributed by atoms with Crippen LogP contribution in [0.2, 0.25) is 0 Å². The van der Waals surface area contributed by atoms with Crippen LogP contribution in [0.4, 0.5) is 13.2 Å². The number of aromatic nitrogens is 3. The molecule has 0 aromatic carbocycles. The third-order valence-electron chi connectivity index (χ3n) is 1.74. The van der Waals surface area contributed by atoms with E-state index in [0.29, 0.717) is 6.20 Å². The minimum Gasteiger partial charge on any atom is -0.250 e. The van der Waals surface area contributed by atoms with E-state index in [1.54, 1.807) is 0 Å². The summed E-state index contributed by atoms with van der Waals surface area (Å²) in [6.45, 7) is 0. The van der Waals surface area contributed by atoms with Crippen molar-refractivity contribution in [2.24, 2.45) is 0 Å². The lowest BCUT2D eigenvalue weighted by Crippen LogP contribution is -2.12. The first-order valence-electron chi connectivity index (χ1n) is 3.62. The SMILES string of the molecule is O=c1[nH]nc2ccc(C(F)(F)F)cn12. The van der Waals surface area contributed by atoms with Gasteiger partial charge in [0, 0.05) is 6.20 Å². The Labute approximate surface area is 75.0 Å². The summed E-state index contributed by atoms with van der Waals surface area (Å²) in [6.07, 6.45) is -3.74. The topological polar surface area (TPSA) is 50.2 Å². The minimum absolute atomic E-state index is 0.156. The fourth-order valence-electron chi connectivity index (χ4n) is 1.07. The highest BCUT2D eigenvalue weighted by Crippen LogP contribution is 2.28. The fourth-order valence-corrected chi connectivity index (χ4v) is 1.07. The smallest absolute Gasteiger partial charge is 0.250 e. The highest BCUT2D eigenvalue weighted by atomic mass is 19.4. The van der Waals surface area contributed by atoms with Gasteiger partial charge in [0.25, 0.3) is 0 Å². The lowest BCUT2D eigenvalue weighted by atomic mass is 10.3. The Balaban J connectivity index is 2.72. The van der Waals surface area contributed by atoms with Crippen LogP contribution >= 0.6 is 0 Å². The Morgan fingerprint density at radius 1 is 1.36 bits per heavy atom. The molecule has 1 N–H and O–H groups in total. The van der Waals surface area contributed by atoms with Crippen molar-refractivity contribution in [3.05, 3.63) is 34.4 Å². The summed E-state index contributed by atoms with van der Waals surface area (Å²) in [5.74, 6) is 0. The number of halogens is 3. The maximum absolute atomic E-state index is 12.2. The van der Waals surface area contributed by atoms with Gasteiger partial charge in [0.15, 0.2) is 5.65 Å². The highest BCUT2D eigenvalue weighted by Gasteiger charge is 2.30. The highest BCUT2D eigenvalue weighted by molar-refractivity contribution is 5.38. The predicted octanol–water partition coefficient (Wildman–Crippen LogP) is 1.04. The van der Waals surface area contributed by atoms with Crippen LogP contribution in [-0.4, -0.2) is 14.6 Å². The Hall–Kier alpha value is -1.79. The Morgan fingerprint density at radius 2 is 2.07 bits per heavy atom. The molecule has 2 aromatic rings. The molecule has 74 valence electrons. The molecular formula is C7H4F3N3O. The van der Waals surface area contributed by atoms with Crippen molar-refractivity contribution in [1.29, 1.82) is 0 Å². The number of H-pyrrole nitrogens is 1. The van der Waals surface area contributed by atoms with Crippen molar-refractivity contribution in [2.75, 3.05) is 0 Å². The third kappa shape index (κ3) is 1.26. The van der Waals surface area contributed by atoms with Gasteiger partial charge in [-0.15, -0.1) is 0 Å². The van der Waals surface area contributed by atoms with Crippen LogP contribution in [0.5, 0.6) is 0 Å². The molecule has 0 spiro atoms. The summed E-state index contributed by atoms with van der Waals surface area (Å²) in [7, 11) is 0. The molecule has 0 radical (unpaired) electrons. The zero-order valence-corrected chi connectivity index (χ0v) is 6.67. The molecule has 7 heteroatoms. The summed E-state index contributed by atoms with van der Waals surface area (Å²) < 4.78 is 37.4. The van der Waals surface area contributed by atoms with Crippen molar-refractivity contribution in [3.63, 3.8) is 0 Å².